The van der Waals surface area contributed by atoms with Gasteiger partial charge in [0.2, 0.25) is 20.0 Å². The van der Waals surface area contributed by atoms with Gasteiger partial charge >= 0.3 is 0 Å². The van der Waals surface area contributed by atoms with Crippen LogP contribution in [0.4, 0.5) is 5.69 Å². The monoisotopic (exact) mass is 617 g/mol. The van der Waals surface area contributed by atoms with Gasteiger partial charge in [0.25, 0.3) is 5.91 Å². The molecule has 1 aliphatic rings. The molecular formula is C29H35N3O8S2. The minimum atomic E-state index is -3.58. The Morgan fingerprint density at radius 3 is 2.07 bits per heavy atom. The van der Waals surface area contributed by atoms with Crippen molar-refractivity contribution in [3.05, 3.63) is 83.9 Å². The SMILES string of the molecule is CCOc1ccc(N(Cc2ccc(C(=O)NCCOc3ccc(S(=O)(=O)N4CCOCC4)cc3)cc2)S(C)(=O)=O)cc1. The molecular weight excluding hydrogens is 582 g/mol. The molecule has 42 heavy (non-hydrogen) atoms. The third kappa shape index (κ3) is 8.22. The zero-order chi connectivity index (χ0) is 30.2. The second kappa shape index (κ2) is 14.0. The van der Waals surface area contributed by atoms with E-state index < -0.39 is 20.0 Å². The van der Waals surface area contributed by atoms with Gasteiger partial charge < -0.3 is 19.5 Å². The average Bonchev–Trinajstić information content (AvgIpc) is 2.99. The summed E-state index contributed by atoms with van der Waals surface area (Å²) >= 11 is 0. The van der Waals surface area contributed by atoms with Crippen LogP contribution in [0.1, 0.15) is 22.8 Å². The summed E-state index contributed by atoms with van der Waals surface area (Å²) in [7, 11) is -7.14. The van der Waals surface area contributed by atoms with Crippen LogP contribution in [0.3, 0.4) is 0 Å². The number of rotatable bonds is 13. The molecule has 3 aromatic rings. The maximum Gasteiger partial charge on any atom is 0.251 e. The van der Waals surface area contributed by atoms with Crippen LogP contribution in [0, 0.1) is 0 Å². The third-order valence-electron chi connectivity index (χ3n) is 6.47. The Labute approximate surface area is 247 Å². The van der Waals surface area contributed by atoms with Crippen LogP contribution in [0.5, 0.6) is 11.5 Å². The van der Waals surface area contributed by atoms with Crippen LogP contribution in [0.15, 0.2) is 77.7 Å². The molecule has 0 spiro atoms. The highest BCUT2D eigenvalue weighted by molar-refractivity contribution is 7.92. The van der Waals surface area contributed by atoms with Crippen molar-refractivity contribution in [3.63, 3.8) is 0 Å². The van der Waals surface area contributed by atoms with Gasteiger partial charge in [-0.15, -0.1) is 0 Å². The first-order valence-electron chi connectivity index (χ1n) is 13.5. The van der Waals surface area contributed by atoms with E-state index in [-0.39, 0.29) is 30.5 Å². The van der Waals surface area contributed by atoms with Crippen LogP contribution >= 0.6 is 0 Å². The van der Waals surface area contributed by atoms with Crippen LogP contribution in [-0.4, -0.2) is 79.4 Å². The van der Waals surface area contributed by atoms with Crippen molar-refractivity contribution >= 4 is 31.6 Å². The van der Waals surface area contributed by atoms with Crippen molar-refractivity contribution in [1.82, 2.24) is 9.62 Å². The van der Waals surface area contributed by atoms with Gasteiger partial charge in [-0.3, -0.25) is 9.10 Å². The first kappa shape index (κ1) is 31.3. The summed E-state index contributed by atoms with van der Waals surface area (Å²) in [6, 6.07) is 19.7. The van der Waals surface area contributed by atoms with E-state index in [1.54, 1.807) is 60.7 Å². The molecule has 1 amide bonds. The van der Waals surface area contributed by atoms with Crippen molar-refractivity contribution < 1.29 is 35.8 Å². The molecule has 3 aromatic carbocycles. The summed E-state index contributed by atoms with van der Waals surface area (Å²) in [5.74, 6) is 0.837. The van der Waals surface area contributed by atoms with Gasteiger partial charge in [0.05, 0.1) is 49.7 Å². The molecule has 1 aliphatic heterocycles. The van der Waals surface area contributed by atoms with Gasteiger partial charge in [0.15, 0.2) is 0 Å². The number of anilines is 1. The fourth-order valence-corrected chi connectivity index (χ4v) is 6.58. The zero-order valence-corrected chi connectivity index (χ0v) is 25.2. The molecule has 13 heteroatoms. The lowest BCUT2D eigenvalue weighted by atomic mass is 10.1. The predicted octanol–water partition coefficient (Wildman–Crippen LogP) is 2.88. The van der Waals surface area contributed by atoms with E-state index in [9.17, 15) is 21.6 Å². The smallest absolute Gasteiger partial charge is 0.251 e. The second-order valence-electron chi connectivity index (χ2n) is 9.49. The predicted molar refractivity (Wildman–Crippen MR) is 159 cm³/mol. The molecule has 0 aromatic heterocycles. The summed E-state index contributed by atoms with van der Waals surface area (Å²) < 4.78 is 69.4. The van der Waals surface area contributed by atoms with E-state index in [4.69, 9.17) is 14.2 Å². The number of hydrogen-bond acceptors (Lipinski definition) is 8. The Morgan fingerprint density at radius 1 is 0.881 bits per heavy atom. The molecule has 0 radical (unpaired) electrons. The summed E-state index contributed by atoms with van der Waals surface area (Å²) in [6.45, 7) is 4.32. The number of sulfonamides is 2. The molecule has 0 saturated carbocycles. The number of morpholine rings is 1. The maximum absolute atomic E-state index is 12.7. The Bertz CT molecular complexity index is 1540. The summed E-state index contributed by atoms with van der Waals surface area (Å²) in [6.07, 6.45) is 1.15. The molecule has 0 atom stereocenters. The van der Waals surface area contributed by atoms with Crippen molar-refractivity contribution in [2.75, 3.05) is 56.6 Å². The van der Waals surface area contributed by atoms with Gasteiger partial charge in [0, 0.05) is 18.7 Å². The summed E-state index contributed by atoms with van der Waals surface area (Å²) in [5.41, 5.74) is 1.65. The lowest BCUT2D eigenvalue weighted by Gasteiger charge is -2.26. The molecule has 0 bridgehead atoms. The number of hydrogen-bond donors (Lipinski definition) is 1. The lowest BCUT2D eigenvalue weighted by molar-refractivity contribution is 0.0730. The third-order valence-corrected chi connectivity index (χ3v) is 9.52. The highest BCUT2D eigenvalue weighted by Gasteiger charge is 2.26. The van der Waals surface area contributed by atoms with E-state index >= 15 is 0 Å². The molecule has 0 aliphatic carbocycles. The number of nitrogens with zero attached hydrogens (tertiary/aromatic N) is 2. The van der Waals surface area contributed by atoms with Crippen LogP contribution in [0.25, 0.3) is 0 Å². The van der Waals surface area contributed by atoms with Gasteiger partial charge in [-0.05, 0) is 73.2 Å². The number of ether oxygens (including phenoxy) is 3. The quantitative estimate of drug-likeness (QED) is 0.290. The number of amides is 1. The Balaban J connectivity index is 1.27. The zero-order valence-electron chi connectivity index (χ0n) is 23.6. The van der Waals surface area contributed by atoms with Crippen LogP contribution in [-0.2, 0) is 31.3 Å². The van der Waals surface area contributed by atoms with Crippen LogP contribution in [0.2, 0.25) is 0 Å². The largest absolute Gasteiger partial charge is 0.494 e. The number of nitrogens with one attached hydrogen (secondary N) is 1. The lowest BCUT2D eigenvalue weighted by Crippen LogP contribution is -2.40. The second-order valence-corrected chi connectivity index (χ2v) is 13.3. The number of carbonyl (C=O) groups is 1. The van der Waals surface area contributed by atoms with Gasteiger partial charge in [0.1, 0.15) is 18.1 Å². The molecule has 1 heterocycles. The number of benzene rings is 3. The topological polar surface area (TPSA) is 132 Å². The van der Waals surface area contributed by atoms with Gasteiger partial charge in [-0.25, -0.2) is 16.8 Å². The van der Waals surface area contributed by atoms with Crippen molar-refractivity contribution in [3.8, 4) is 11.5 Å². The number of carbonyl (C=O) groups excluding carboxylic acids is 1. The normalized spacial score (nSPS) is 14.2. The fraction of sp³-hybridized carbons (Fsp3) is 0.345. The molecule has 1 saturated heterocycles. The van der Waals surface area contributed by atoms with E-state index in [0.29, 0.717) is 61.2 Å². The van der Waals surface area contributed by atoms with Crippen molar-refractivity contribution in [2.45, 2.75) is 18.4 Å². The molecule has 0 unspecified atom stereocenters. The summed E-state index contributed by atoms with van der Waals surface area (Å²) in [4.78, 5) is 12.8. The van der Waals surface area contributed by atoms with Gasteiger partial charge in [-0.2, -0.15) is 4.31 Å². The Kier molecular flexibility index (Phi) is 10.4. The van der Waals surface area contributed by atoms with E-state index in [1.807, 2.05) is 6.92 Å². The van der Waals surface area contributed by atoms with Crippen LogP contribution < -0.4 is 19.1 Å². The first-order chi connectivity index (χ1) is 20.1. The van der Waals surface area contributed by atoms with Crippen molar-refractivity contribution in [1.29, 1.82) is 0 Å². The highest BCUT2D eigenvalue weighted by Crippen LogP contribution is 2.24. The van der Waals surface area contributed by atoms with E-state index in [2.05, 4.69) is 5.32 Å². The molecule has 226 valence electrons. The minimum absolute atomic E-state index is 0.106. The highest BCUT2D eigenvalue weighted by atomic mass is 32.2. The molecule has 1 N–H and O–H groups in total. The first-order valence-corrected chi connectivity index (χ1v) is 16.8. The van der Waals surface area contributed by atoms with E-state index in [0.717, 1.165) is 6.26 Å². The average molecular weight is 618 g/mol. The fourth-order valence-electron chi connectivity index (χ4n) is 4.28. The molecule has 4 rings (SSSR count). The van der Waals surface area contributed by atoms with Gasteiger partial charge in [-0.1, -0.05) is 12.1 Å². The molecule has 11 nitrogen and oxygen atoms in total. The Morgan fingerprint density at radius 2 is 1.48 bits per heavy atom. The van der Waals surface area contributed by atoms with E-state index in [1.165, 1.54) is 20.7 Å². The summed E-state index contributed by atoms with van der Waals surface area (Å²) in [5, 5.41) is 2.78. The van der Waals surface area contributed by atoms with Crippen molar-refractivity contribution in [2.24, 2.45) is 0 Å². The Hall–Kier alpha value is -3.65. The standard InChI is InChI=1S/C29H35N3O8S2/c1-3-39-26-10-8-25(9-11-26)32(41(2,34)35)22-23-4-6-24(7-5-23)29(33)30-16-19-40-27-12-14-28(15-13-27)42(36,37)31-17-20-38-21-18-31/h4-15H,3,16-22H2,1-2H3,(H,30,33). The maximum atomic E-state index is 12.7. The molecule has 1 fully saturated rings. The minimum Gasteiger partial charge on any atom is -0.494 e.